The van der Waals surface area contributed by atoms with E-state index in [0.717, 1.165) is 12.8 Å². The SMILES string of the molecule is COc1ccc(NC(=S)N(C)C2CCCCC2)c([N+](=O)[O-])c1. The lowest BCUT2D eigenvalue weighted by molar-refractivity contribution is -0.384. The van der Waals surface area contributed by atoms with Gasteiger partial charge in [0.15, 0.2) is 5.11 Å². The third-order valence-corrected chi connectivity index (χ3v) is 4.48. The molecule has 6 nitrogen and oxygen atoms in total. The summed E-state index contributed by atoms with van der Waals surface area (Å²) in [5.74, 6) is 0.448. The Balaban J connectivity index is 2.11. The summed E-state index contributed by atoms with van der Waals surface area (Å²) in [6.07, 6.45) is 5.92. The van der Waals surface area contributed by atoms with Crippen molar-refractivity contribution in [2.24, 2.45) is 0 Å². The van der Waals surface area contributed by atoms with Crippen molar-refractivity contribution in [1.82, 2.24) is 4.90 Å². The molecule has 1 aliphatic rings. The Hall–Kier alpha value is -1.89. The molecule has 0 spiro atoms. The van der Waals surface area contributed by atoms with Gasteiger partial charge >= 0.3 is 0 Å². The standard InChI is InChI=1S/C15H21N3O3S/c1-17(11-6-4-3-5-7-11)15(22)16-13-9-8-12(21-2)10-14(13)18(19)20/h8-11H,3-7H2,1-2H3,(H,16,22). The van der Waals surface area contributed by atoms with E-state index in [1.807, 2.05) is 11.9 Å². The molecule has 1 aromatic rings. The molecule has 0 aromatic heterocycles. The molecule has 0 aliphatic heterocycles. The lowest BCUT2D eigenvalue weighted by atomic mass is 9.95. The number of nitro benzene ring substituents is 1. The zero-order chi connectivity index (χ0) is 16.1. The molecular formula is C15H21N3O3S. The van der Waals surface area contributed by atoms with Gasteiger partial charge in [-0.3, -0.25) is 10.1 Å². The molecule has 0 unspecified atom stereocenters. The predicted octanol–water partition coefficient (Wildman–Crippen LogP) is 3.56. The number of methoxy groups -OCH3 is 1. The van der Waals surface area contributed by atoms with Crippen molar-refractivity contribution in [2.45, 2.75) is 38.1 Å². The third-order valence-electron chi connectivity index (χ3n) is 4.09. The van der Waals surface area contributed by atoms with E-state index in [1.165, 1.54) is 32.4 Å². The average molecular weight is 323 g/mol. The second kappa shape index (κ2) is 7.40. The molecule has 0 bridgehead atoms. The highest BCUT2D eigenvalue weighted by atomic mass is 32.1. The summed E-state index contributed by atoms with van der Waals surface area (Å²) in [5.41, 5.74) is 0.345. The highest BCUT2D eigenvalue weighted by Crippen LogP contribution is 2.30. The van der Waals surface area contributed by atoms with Gasteiger partial charge in [0.2, 0.25) is 0 Å². The number of ether oxygens (including phenoxy) is 1. The molecule has 0 saturated heterocycles. The minimum atomic E-state index is -0.436. The van der Waals surface area contributed by atoms with Gasteiger partial charge < -0.3 is 15.0 Å². The van der Waals surface area contributed by atoms with Crippen LogP contribution >= 0.6 is 12.2 Å². The Kier molecular flexibility index (Phi) is 5.54. The fourth-order valence-corrected chi connectivity index (χ4v) is 2.99. The van der Waals surface area contributed by atoms with Crippen LogP contribution in [0.25, 0.3) is 0 Å². The molecule has 0 heterocycles. The monoisotopic (exact) mass is 323 g/mol. The molecule has 1 N–H and O–H groups in total. The first-order valence-electron chi connectivity index (χ1n) is 7.39. The van der Waals surface area contributed by atoms with Crippen LogP contribution < -0.4 is 10.1 Å². The summed E-state index contributed by atoms with van der Waals surface area (Å²) in [4.78, 5) is 12.8. The van der Waals surface area contributed by atoms with E-state index >= 15 is 0 Å². The van der Waals surface area contributed by atoms with Crippen LogP contribution in [0.2, 0.25) is 0 Å². The fraction of sp³-hybridized carbons (Fsp3) is 0.533. The molecule has 2 rings (SSSR count). The number of anilines is 1. The molecule has 0 atom stereocenters. The van der Waals surface area contributed by atoms with Crippen LogP contribution in [0.3, 0.4) is 0 Å². The molecule has 120 valence electrons. The summed E-state index contributed by atoms with van der Waals surface area (Å²) < 4.78 is 5.03. The van der Waals surface area contributed by atoms with Crippen LogP contribution in [-0.4, -0.2) is 35.1 Å². The topological polar surface area (TPSA) is 67.6 Å². The average Bonchev–Trinajstić information content (AvgIpc) is 2.55. The molecule has 7 heteroatoms. The van der Waals surface area contributed by atoms with E-state index in [2.05, 4.69) is 5.32 Å². The van der Waals surface area contributed by atoms with Gasteiger partial charge in [0.1, 0.15) is 11.4 Å². The maximum absolute atomic E-state index is 11.2. The first-order chi connectivity index (χ1) is 10.5. The van der Waals surface area contributed by atoms with Crippen molar-refractivity contribution in [1.29, 1.82) is 0 Å². The molecule has 1 fully saturated rings. The summed E-state index contributed by atoms with van der Waals surface area (Å²) in [7, 11) is 3.42. The van der Waals surface area contributed by atoms with Crippen LogP contribution in [0.15, 0.2) is 18.2 Å². The number of benzene rings is 1. The van der Waals surface area contributed by atoms with Crippen LogP contribution in [0.1, 0.15) is 32.1 Å². The van der Waals surface area contributed by atoms with Gasteiger partial charge in [-0.15, -0.1) is 0 Å². The number of nitrogens with one attached hydrogen (secondary N) is 1. The van der Waals surface area contributed by atoms with E-state index in [9.17, 15) is 10.1 Å². The van der Waals surface area contributed by atoms with Crippen LogP contribution in [-0.2, 0) is 0 Å². The maximum atomic E-state index is 11.2. The predicted molar refractivity (Wildman–Crippen MR) is 90.5 cm³/mol. The first-order valence-corrected chi connectivity index (χ1v) is 7.80. The number of thiocarbonyl (C=S) groups is 1. The second-order valence-electron chi connectivity index (χ2n) is 5.47. The number of hydrogen-bond donors (Lipinski definition) is 1. The normalized spacial score (nSPS) is 15.2. The second-order valence-corrected chi connectivity index (χ2v) is 5.86. The number of nitro groups is 1. The summed E-state index contributed by atoms with van der Waals surface area (Å²) in [6, 6.07) is 5.10. The minimum absolute atomic E-state index is 0.0428. The third kappa shape index (κ3) is 3.85. The Morgan fingerprint density at radius 3 is 2.68 bits per heavy atom. The molecule has 0 radical (unpaired) electrons. The van der Waals surface area contributed by atoms with Crippen molar-refractivity contribution in [3.05, 3.63) is 28.3 Å². The molecule has 0 amide bonds. The number of rotatable bonds is 4. The Bertz CT molecular complexity index is 559. The number of hydrogen-bond acceptors (Lipinski definition) is 4. The van der Waals surface area contributed by atoms with E-state index in [0.29, 0.717) is 22.6 Å². The van der Waals surface area contributed by atoms with Gasteiger partial charge in [-0.05, 0) is 37.2 Å². The van der Waals surface area contributed by atoms with Gasteiger partial charge in [-0.25, -0.2) is 0 Å². The van der Waals surface area contributed by atoms with Gasteiger partial charge in [0, 0.05) is 13.1 Å². The van der Waals surface area contributed by atoms with Crippen LogP contribution in [0.4, 0.5) is 11.4 Å². The minimum Gasteiger partial charge on any atom is -0.496 e. The number of nitrogens with zero attached hydrogens (tertiary/aromatic N) is 2. The van der Waals surface area contributed by atoms with Crippen molar-refractivity contribution in [3.8, 4) is 5.75 Å². The Morgan fingerprint density at radius 2 is 2.09 bits per heavy atom. The fourth-order valence-electron chi connectivity index (χ4n) is 2.73. The highest BCUT2D eigenvalue weighted by Gasteiger charge is 2.22. The smallest absolute Gasteiger partial charge is 0.296 e. The van der Waals surface area contributed by atoms with Crippen molar-refractivity contribution < 1.29 is 9.66 Å². The zero-order valence-corrected chi connectivity index (χ0v) is 13.7. The van der Waals surface area contributed by atoms with Crippen molar-refractivity contribution >= 4 is 28.7 Å². The largest absolute Gasteiger partial charge is 0.496 e. The molecule has 1 aromatic carbocycles. The molecule has 1 saturated carbocycles. The molecular weight excluding hydrogens is 302 g/mol. The maximum Gasteiger partial charge on any atom is 0.296 e. The van der Waals surface area contributed by atoms with Gasteiger partial charge in [0.25, 0.3) is 5.69 Å². The van der Waals surface area contributed by atoms with E-state index in [1.54, 1.807) is 12.1 Å². The highest BCUT2D eigenvalue weighted by molar-refractivity contribution is 7.80. The van der Waals surface area contributed by atoms with Crippen molar-refractivity contribution in [3.63, 3.8) is 0 Å². The lowest BCUT2D eigenvalue weighted by Crippen LogP contribution is -2.40. The van der Waals surface area contributed by atoms with Gasteiger partial charge in [-0.1, -0.05) is 19.3 Å². The quantitative estimate of drug-likeness (QED) is 0.519. The van der Waals surface area contributed by atoms with Crippen LogP contribution in [0.5, 0.6) is 5.75 Å². The summed E-state index contributed by atoms with van der Waals surface area (Å²) in [6.45, 7) is 0. The molecule has 1 aliphatic carbocycles. The van der Waals surface area contributed by atoms with Crippen LogP contribution in [0, 0.1) is 10.1 Å². The van der Waals surface area contributed by atoms with Gasteiger partial charge in [-0.2, -0.15) is 0 Å². The van der Waals surface area contributed by atoms with E-state index < -0.39 is 4.92 Å². The molecule has 22 heavy (non-hydrogen) atoms. The van der Waals surface area contributed by atoms with E-state index in [-0.39, 0.29) is 5.69 Å². The Morgan fingerprint density at radius 1 is 1.41 bits per heavy atom. The zero-order valence-electron chi connectivity index (χ0n) is 12.9. The first kappa shape index (κ1) is 16.5. The summed E-state index contributed by atoms with van der Waals surface area (Å²) in [5, 5.41) is 14.7. The Labute approximate surface area is 135 Å². The van der Waals surface area contributed by atoms with E-state index in [4.69, 9.17) is 17.0 Å². The van der Waals surface area contributed by atoms with Crippen molar-refractivity contribution in [2.75, 3.05) is 19.5 Å². The lowest BCUT2D eigenvalue weighted by Gasteiger charge is -2.33. The van der Waals surface area contributed by atoms with Gasteiger partial charge in [0.05, 0.1) is 18.1 Å². The summed E-state index contributed by atoms with van der Waals surface area (Å²) >= 11 is 5.41.